The van der Waals surface area contributed by atoms with E-state index in [1.165, 1.54) is 0 Å². The van der Waals surface area contributed by atoms with Crippen molar-refractivity contribution in [3.8, 4) is 0 Å². The number of carboxylic acids is 2. The molecule has 0 aliphatic carbocycles. The van der Waals surface area contributed by atoms with Crippen LogP contribution in [-0.4, -0.2) is 147 Å². The number of alkyl halides is 34. The fourth-order valence-electron chi connectivity index (χ4n) is 3.84. The topological polar surface area (TPSA) is 253 Å². The number of rotatable bonds is 24. The molecule has 0 heterocycles. The summed E-state index contributed by atoms with van der Waals surface area (Å²) in [5.74, 6) is -116. The van der Waals surface area contributed by atoms with Crippen LogP contribution in [0.25, 0.3) is 0 Å². The van der Waals surface area contributed by atoms with Crippen molar-refractivity contribution in [2.75, 3.05) is 0 Å². The first-order valence-electron chi connectivity index (χ1n) is 16.7. The average molecular weight is 1300 g/mol. The van der Waals surface area contributed by atoms with Crippen LogP contribution in [0.3, 0.4) is 0 Å². The maximum absolute atomic E-state index is 13.7. The molecular formula is C26H14F34N2Na2O12S2. The van der Waals surface area contributed by atoms with Gasteiger partial charge in [-0.3, -0.25) is 0 Å². The van der Waals surface area contributed by atoms with Crippen molar-refractivity contribution in [2.45, 2.75) is 132 Å². The van der Waals surface area contributed by atoms with Gasteiger partial charge in [0.2, 0.25) is 0 Å². The van der Waals surface area contributed by atoms with Crippen LogP contribution in [0.15, 0.2) is 0 Å². The van der Waals surface area contributed by atoms with E-state index in [-0.39, 0.29) is 59.1 Å². The van der Waals surface area contributed by atoms with Crippen LogP contribution < -0.4 is 80.8 Å². The molecule has 0 saturated heterocycles. The van der Waals surface area contributed by atoms with E-state index >= 15 is 0 Å². The van der Waals surface area contributed by atoms with Crippen LogP contribution in [-0.2, 0) is 47.8 Å². The molecule has 14 nitrogen and oxygen atoms in total. The van der Waals surface area contributed by atoms with Crippen molar-refractivity contribution in [3.63, 3.8) is 0 Å². The fourth-order valence-corrected chi connectivity index (χ4v) is 5.61. The molecule has 0 aliphatic rings. The van der Waals surface area contributed by atoms with Gasteiger partial charge in [-0.1, -0.05) is 0 Å². The maximum atomic E-state index is 13.7. The van der Waals surface area contributed by atoms with Crippen molar-refractivity contribution in [3.05, 3.63) is 0 Å². The third-order valence-electron chi connectivity index (χ3n) is 8.32. The summed E-state index contributed by atoms with van der Waals surface area (Å²) >= 11 is 0. The van der Waals surface area contributed by atoms with Gasteiger partial charge in [-0.15, -0.1) is 0 Å². The minimum Gasteiger partial charge on any atom is -0.550 e. The second kappa shape index (κ2) is 23.9. The van der Waals surface area contributed by atoms with Gasteiger partial charge in [0.1, 0.15) is 12.1 Å². The third kappa shape index (κ3) is 13.4. The van der Waals surface area contributed by atoms with E-state index in [0.29, 0.717) is 0 Å². The quantitative estimate of drug-likeness (QED) is 0.0695. The van der Waals surface area contributed by atoms with Crippen molar-refractivity contribution >= 4 is 44.1 Å². The molecule has 0 bridgehead atoms. The molecule has 52 heteroatoms. The SMILES string of the molecule is N[C@@H](CCC(=O)[O-])C(=O)OS(=O)(=O)C(F)(F)C(F)(F)C(F)(F)C(F)(F)C(F)(F)C(F)(F)C(F)(F)C(F)(F)F.N[C@@H](CCC(=O)[O-])C(=O)OS(=O)(=O)C(F)(F)C(F)(F)C(F)(F)C(F)(F)C(F)(F)C(F)(F)C(F)(F)C(F)(F)F.[Na+].[Na+]. The fraction of sp³-hybridized carbons (Fsp3) is 0.846. The second-order valence-corrected chi connectivity index (χ2v) is 16.8. The van der Waals surface area contributed by atoms with Crippen molar-refractivity contribution < 1.29 is 263 Å². The Hall–Kier alpha value is -2.68. The molecule has 0 rings (SSSR count). The van der Waals surface area contributed by atoms with E-state index in [1.54, 1.807) is 0 Å². The molecule has 0 aromatic rings. The summed E-state index contributed by atoms with van der Waals surface area (Å²) in [7, 11) is -16.3. The molecule has 78 heavy (non-hydrogen) atoms. The van der Waals surface area contributed by atoms with E-state index in [4.69, 9.17) is 0 Å². The Morgan fingerprint density at radius 2 is 0.487 bits per heavy atom. The van der Waals surface area contributed by atoms with E-state index in [2.05, 4.69) is 19.8 Å². The van der Waals surface area contributed by atoms with E-state index < -0.39 is 176 Å². The molecule has 0 fully saturated rings. The first-order valence-corrected chi connectivity index (χ1v) is 19.6. The molecule has 452 valence electrons. The van der Waals surface area contributed by atoms with Gasteiger partial charge in [0.05, 0.1) is 0 Å². The first-order chi connectivity index (χ1) is 32.4. The molecule has 4 N–H and O–H groups in total. The minimum atomic E-state index is -9.05. The largest absolute Gasteiger partial charge is 1.00 e. The summed E-state index contributed by atoms with van der Waals surface area (Å²) in [6, 6.07) is -5.41. The Balaban J connectivity index is -0.000000684. The van der Waals surface area contributed by atoms with Gasteiger partial charge < -0.3 is 39.6 Å². The molecule has 0 unspecified atom stereocenters. The van der Waals surface area contributed by atoms with Gasteiger partial charge in [-0.25, -0.2) is 9.59 Å². The van der Waals surface area contributed by atoms with Crippen LogP contribution in [0.1, 0.15) is 25.7 Å². The molecule has 0 spiro atoms. The van der Waals surface area contributed by atoms with Gasteiger partial charge in [0.15, 0.2) is 0 Å². The Morgan fingerprint density at radius 3 is 0.641 bits per heavy atom. The van der Waals surface area contributed by atoms with Gasteiger partial charge in [-0.05, 0) is 25.7 Å². The number of carbonyl (C=O) groups is 4. The van der Waals surface area contributed by atoms with Crippen LogP contribution in [0.2, 0.25) is 0 Å². The molecule has 0 aliphatic heterocycles. The van der Waals surface area contributed by atoms with E-state index in [9.17, 15) is 196 Å². The smallest absolute Gasteiger partial charge is 0.550 e. The molecule has 0 saturated carbocycles. The summed E-state index contributed by atoms with van der Waals surface area (Å²) in [6.45, 7) is 0. The first kappa shape index (κ1) is 81.8. The molecule has 0 aromatic carbocycles. The maximum Gasteiger partial charge on any atom is 1.00 e. The Kier molecular flexibility index (Phi) is 25.1. The number of nitrogens with two attached hydrogens (primary N) is 2. The number of aliphatic carboxylic acids is 2. The molecule has 0 amide bonds. The van der Waals surface area contributed by atoms with Crippen molar-refractivity contribution in [1.29, 1.82) is 0 Å². The number of halogens is 34. The zero-order chi connectivity index (χ0) is 62.7. The van der Waals surface area contributed by atoms with E-state index in [0.717, 1.165) is 0 Å². The predicted octanol–water partition coefficient (Wildman–Crippen LogP) is -0.625. The monoisotopic (exact) mass is 1300 g/mol. The zero-order valence-electron chi connectivity index (χ0n) is 35.7. The molecule has 0 aromatic heterocycles. The van der Waals surface area contributed by atoms with Crippen LogP contribution in [0.5, 0.6) is 0 Å². The van der Waals surface area contributed by atoms with Crippen LogP contribution in [0.4, 0.5) is 149 Å². The average Bonchev–Trinajstić information content (AvgIpc) is 3.19. The van der Waals surface area contributed by atoms with Crippen molar-refractivity contribution in [1.82, 2.24) is 0 Å². The Labute approximate surface area is 448 Å². The van der Waals surface area contributed by atoms with E-state index in [1.807, 2.05) is 0 Å². The Morgan fingerprint density at radius 1 is 0.333 bits per heavy atom. The second-order valence-electron chi connectivity index (χ2n) is 13.7. The van der Waals surface area contributed by atoms with Gasteiger partial charge in [-0.2, -0.15) is 166 Å². The number of carbonyl (C=O) groups excluding carboxylic acids is 4. The number of carboxylic acid groups (broad SMARTS) is 2. The zero-order valence-corrected chi connectivity index (χ0v) is 41.3. The van der Waals surface area contributed by atoms with Crippen molar-refractivity contribution in [2.24, 2.45) is 11.5 Å². The van der Waals surface area contributed by atoms with Gasteiger partial charge in [0.25, 0.3) is 0 Å². The van der Waals surface area contributed by atoms with Gasteiger partial charge >= 0.3 is 185 Å². The predicted molar refractivity (Wildman–Crippen MR) is 156 cm³/mol. The number of hydrogen-bond acceptors (Lipinski definition) is 14. The number of hydrogen-bond donors (Lipinski definition) is 2. The minimum absolute atomic E-state index is 0. The normalized spacial score (nSPS) is 15.8. The Bertz CT molecular complexity index is 2220. The third-order valence-corrected chi connectivity index (χ3v) is 10.9. The van der Waals surface area contributed by atoms with Crippen LogP contribution >= 0.6 is 0 Å². The summed E-state index contributed by atoms with van der Waals surface area (Å²) in [6.07, 6.45) is -21.2. The van der Waals surface area contributed by atoms with Gasteiger partial charge in [0, 0.05) is 11.9 Å². The summed E-state index contributed by atoms with van der Waals surface area (Å²) in [5.41, 5.74) is 9.37. The van der Waals surface area contributed by atoms with Crippen LogP contribution in [0, 0.1) is 0 Å². The summed E-state index contributed by atoms with van der Waals surface area (Å²) in [5, 5.41) is 4.16. The summed E-state index contributed by atoms with van der Waals surface area (Å²) in [4.78, 5) is 42.7. The summed E-state index contributed by atoms with van der Waals surface area (Å²) < 4.78 is 496. The molecular weight excluding hydrogens is 1290 g/mol. The standard InChI is InChI=1S/2C13H8F17NO6S.2Na/c2*14-6(15,8(18,19)10(22,23)12(26,27)28)7(16,17)9(20,21)11(24,25)13(29,30)38(35,36)37-5(34)3(31)1-2-4(32)33;;/h2*3H,1-2,31H2,(H,32,33);;/q;;2*+1/p-2/t2*3-;;/m00../s1. The molecule has 0 radical (unpaired) electrons. The molecule has 2 atom stereocenters.